The predicted molar refractivity (Wildman–Crippen MR) is 89.9 cm³/mol. The van der Waals surface area contributed by atoms with Crippen LogP contribution in [0.3, 0.4) is 0 Å². The molecular weight excluding hydrogens is 254 g/mol. The van der Waals surface area contributed by atoms with Crippen molar-refractivity contribution in [3.63, 3.8) is 0 Å². The molecule has 1 nitrogen and oxygen atoms in total. The Balaban J connectivity index is 1.85. The summed E-state index contributed by atoms with van der Waals surface area (Å²) in [4.78, 5) is 0. The van der Waals surface area contributed by atoms with Gasteiger partial charge in [0.2, 0.25) is 0 Å². The Morgan fingerprint density at radius 3 is 2.52 bits per heavy atom. The summed E-state index contributed by atoms with van der Waals surface area (Å²) in [7, 11) is 0. The molecule has 21 heavy (non-hydrogen) atoms. The van der Waals surface area contributed by atoms with Gasteiger partial charge in [0.05, 0.1) is 11.5 Å². The maximum absolute atomic E-state index is 9.75. The minimum atomic E-state index is 0.0482. The van der Waals surface area contributed by atoms with Crippen molar-refractivity contribution in [2.75, 3.05) is 0 Å². The van der Waals surface area contributed by atoms with Gasteiger partial charge in [0.15, 0.2) is 0 Å². The van der Waals surface area contributed by atoms with Crippen LogP contribution in [-0.4, -0.2) is 0 Å². The van der Waals surface area contributed by atoms with Crippen LogP contribution in [0.25, 0.3) is 0 Å². The lowest BCUT2D eigenvalue weighted by Crippen LogP contribution is -2.36. The Morgan fingerprint density at radius 1 is 1.00 bits per heavy atom. The molecule has 0 saturated heterocycles. The van der Waals surface area contributed by atoms with E-state index in [0.717, 1.165) is 17.8 Å². The fourth-order valence-corrected chi connectivity index (χ4v) is 4.96. The van der Waals surface area contributed by atoms with Crippen LogP contribution in [0.4, 0.5) is 0 Å². The second-order valence-electron chi connectivity index (χ2n) is 7.93. The fourth-order valence-electron chi connectivity index (χ4n) is 4.96. The average Bonchev–Trinajstić information content (AvgIpc) is 2.53. The van der Waals surface area contributed by atoms with E-state index in [9.17, 15) is 5.26 Å². The van der Waals surface area contributed by atoms with Crippen molar-refractivity contribution in [3.8, 4) is 6.07 Å². The molecule has 0 spiro atoms. The fraction of sp³-hybridized carbons (Fsp3) is 0.950. The highest BCUT2D eigenvalue weighted by Crippen LogP contribution is 2.51. The van der Waals surface area contributed by atoms with Crippen LogP contribution < -0.4 is 0 Å². The summed E-state index contributed by atoms with van der Waals surface area (Å²) in [6, 6.07) is 2.75. The number of unbranched alkanes of at least 4 members (excludes halogenated alkanes) is 3. The first kappa shape index (κ1) is 16.9. The highest BCUT2D eigenvalue weighted by atomic mass is 14.5. The lowest BCUT2D eigenvalue weighted by atomic mass is 9.58. The summed E-state index contributed by atoms with van der Waals surface area (Å²) >= 11 is 0. The van der Waals surface area contributed by atoms with E-state index in [0.29, 0.717) is 0 Å². The quantitative estimate of drug-likeness (QED) is 0.492. The van der Waals surface area contributed by atoms with E-state index in [1.165, 1.54) is 83.5 Å². The van der Waals surface area contributed by atoms with Gasteiger partial charge in [-0.1, -0.05) is 58.8 Å². The van der Waals surface area contributed by atoms with Crippen LogP contribution >= 0.6 is 0 Å². The van der Waals surface area contributed by atoms with Gasteiger partial charge in [0.1, 0.15) is 0 Å². The molecule has 0 radical (unpaired) electrons. The van der Waals surface area contributed by atoms with Gasteiger partial charge in [-0.3, -0.25) is 0 Å². The summed E-state index contributed by atoms with van der Waals surface area (Å²) in [5.74, 6) is 2.83. The van der Waals surface area contributed by atoms with Crippen LogP contribution in [0.15, 0.2) is 0 Å². The molecule has 120 valence electrons. The van der Waals surface area contributed by atoms with Crippen LogP contribution in [0.5, 0.6) is 0 Å². The van der Waals surface area contributed by atoms with Crippen LogP contribution in [0, 0.1) is 34.5 Å². The monoisotopic (exact) mass is 289 g/mol. The Hall–Kier alpha value is -0.510. The van der Waals surface area contributed by atoms with Crippen molar-refractivity contribution < 1.29 is 0 Å². The second-order valence-corrected chi connectivity index (χ2v) is 7.93. The largest absolute Gasteiger partial charge is 0.198 e. The molecule has 2 saturated carbocycles. The van der Waals surface area contributed by atoms with E-state index in [1.54, 1.807) is 0 Å². The number of nitriles is 1. The van der Waals surface area contributed by atoms with Crippen molar-refractivity contribution in [2.24, 2.45) is 23.2 Å². The summed E-state index contributed by atoms with van der Waals surface area (Å²) < 4.78 is 0. The van der Waals surface area contributed by atoms with Gasteiger partial charge in [-0.2, -0.15) is 5.26 Å². The molecule has 0 aromatic heterocycles. The smallest absolute Gasteiger partial charge is 0.0689 e. The van der Waals surface area contributed by atoms with E-state index in [1.807, 2.05) is 0 Å². The molecular formula is C20H35N. The highest BCUT2D eigenvalue weighted by Gasteiger charge is 2.42. The average molecular weight is 290 g/mol. The Labute approximate surface area is 132 Å². The van der Waals surface area contributed by atoms with Crippen LogP contribution in [0.1, 0.15) is 97.3 Å². The molecule has 0 amide bonds. The van der Waals surface area contributed by atoms with E-state index >= 15 is 0 Å². The van der Waals surface area contributed by atoms with E-state index in [-0.39, 0.29) is 5.41 Å². The van der Waals surface area contributed by atoms with E-state index in [4.69, 9.17) is 0 Å². The number of fused-ring (bicyclic) bond motifs is 1. The maximum Gasteiger partial charge on any atom is 0.0689 e. The first-order valence-electron chi connectivity index (χ1n) is 9.64. The minimum absolute atomic E-state index is 0.0482. The van der Waals surface area contributed by atoms with Crippen molar-refractivity contribution in [3.05, 3.63) is 0 Å². The highest BCUT2D eigenvalue weighted by molar-refractivity contribution is 5.04. The van der Waals surface area contributed by atoms with Gasteiger partial charge in [-0.25, -0.2) is 0 Å². The SMILES string of the molecule is CCCCCC1(C#N)CCC2CC(CCCC)CCC2C1. The molecule has 4 atom stereocenters. The summed E-state index contributed by atoms with van der Waals surface area (Å²) in [6.07, 6.45) is 17.3. The number of hydrogen-bond donors (Lipinski definition) is 0. The Bertz CT molecular complexity index is 342. The van der Waals surface area contributed by atoms with Gasteiger partial charge < -0.3 is 0 Å². The standard InChI is InChI=1S/C20H35N/c1-3-5-7-12-20(16-21)13-11-18-14-17(8-6-4-2)9-10-19(18)15-20/h17-19H,3-15H2,1-2H3. The first-order valence-corrected chi connectivity index (χ1v) is 9.64. The topological polar surface area (TPSA) is 23.8 Å². The van der Waals surface area contributed by atoms with Crippen molar-refractivity contribution in [1.29, 1.82) is 5.26 Å². The third-order valence-electron chi connectivity index (χ3n) is 6.36. The maximum atomic E-state index is 9.75. The molecule has 0 heterocycles. The zero-order valence-corrected chi connectivity index (χ0v) is 14.4. The van der Waals surface area contributed by atoms with Gasteiger partial charge in [0.25, 0.3) is 0 Å². The summed E-state index contributed by atoms with van der Waals surface area (Å²) in [6.45, 7) is 4.57. The third kappa shape index (κ3) is 4.48. The molecule has 0 aliphatic heterocycles. The molecule has 2 fully saturated rings. The van der Waals surface area contributed by atoms with Crippen molar-refractivity contribution >= 4 is 0 Å². The summed E-state index contributed by atoms with van der Waals surface area (Å²) in [5.41, 5.74) is 0.0482. The van der Waals surface area contributed by atoms with Crippen LogP contribution in [-0.2, 0) is 0 Å². The predicted octanol–water partition coefficient (Wildman–Crippen LogP) is 6.48. The normalized spacial score (nSPS) is 36.0. The third-order valence-corrected chi connectivity index (χ3v) is 6.36. The van der Waals surface area contributed by atoms with E-state index < -0.39 is 0 Å². The minimum Gasteiger partial charge on any atom is -0.198 e. The zero-order valence-electron chi connectivity index (χ0n) is 14.4. The van der Waals surface area contributed by atoms with Gasteiger partial charge in [-0.15, -0.1) is 0 Å². The molecule has 4 unspecified atom stereocenters. The molecule has 2 aliphatic carbocycles. The number of rotatable bonds is 7. The van der Waals surface area contributed by atoms with Gasteiger partial charge >= 0.3 is 0 Å². The molecule has 0 aromatic carbocycles. The lowest BCUT2D eigenvalue weighted by Gasteiger charge is -2.45. The van der Waals surface area contributed by atoms with Crippen molar-refractivity contribution in [1.82, 2.24) is 0 Å². The summed E-state index contributed by atoms with van der Waals surface area (Å²) in [5, 5.41) is 9.75. The zero-order chi connectivity index (χ0) is 15.1. The Morgan fingerprint density at radius 2 is 1.81 bits per heavy atom. The van der Waals surface area contributed by atoms with Crippen LogP contribution in [0.2, 0.25) is 0 Å². The molecule has 0 N–H and O–H groups in total. The second kappa shape index (κ2) is 8.21. The molecule has 2 aliphatic rings. The van der Waals surface area contributed by atoms with E-state index in [2.05, 4.69) is 19.9 Å². The molecule has 0 bridgehead atoms. The molecule has 0 aromatic rings. The Kier molecular flexibility index (Phi) is 6.59. The lowest BCUT2D eigenvalue weighted by molar-refractivity contribution is 0.0617. The first-order chi connectivity index (χ1) is 10.2. The molecule has 1 heteroatoms. The van der Waals surface area contributed by atoms with Gasteiger partial charge in [0, 0.05) is 0 Å². The van der Waals surface area contributed by atoms with Crippen molar-refractivity contribution in [2.45, 2.75) is 97.3 Å². The number of nitrogens with zero attached hydrogens (tertiary/aromatic N) is 1. The molecule has 2 rings (SSSR count). The van der Waals surface area contributed by atoms with Gasteiger partial charge in [-0.05, 0) is 56.3 Å². The number of hydrogen-bond acceptors (Lipinski definition) is 1.